The summed E-state index contributed by atoms with van der Waals surface area (Å²) in [5, 5.41) is 0. The van der Waals surface area contributed by atoms with Gasteiger partial charge in [-0.25, -0.2) is 4.84 Å². The van der Waals surface area contributed by atoms with Gasteiger partial charge in [-0.3, -0.25) is 0 Å². The molecule has 0 aromatic rings. The molecule has 0 rings (SSSR count). The van der Waals surface area contributed by atoms with Crippen LogP contribution in [0.3, 0.4) is 0 Å². The Morgan fingerprint density at radius 2 is 1.07 bits per heavy atom. The summed E-state index contributed by atoms with van der Waals surface area (Å²) in [6.07, 6.45) is 15.3. The summed E-state index contributed by atoms with van der Waals surface area (Å²) in [7, 11) is 0. The van der Waals surface area contributed by atoms with Crippen LogP contribution in [0, 0.1) is 0 Å². The molecule has 0 radical (unpaired) electrons. The lowest BCUT2D eigenvalue weighted by Crippen LogP contribution is -1.99. The first kappa shape index (κ1) is 15.2. The molecule has 0 heterocycles. The van der Waals surface area contributed by atoms with Crippen LogP contribution in [-0.4, -0.2) is 6.54 Å². The first-order chi connectivity index (χ1) is 7.41. The van der Waals surface area contributed by atoms with E-state index in [0.29, 0.717) is 0 Å². The van der Waals surface area contributed by atoms with Crippen molar-refractivity contribution in [2.75, 3.05) is 6.54 Å². The predicted octanol–water partition coefficient (Wildman–Crippen LogP) is 5.04. The van der Waals surface area contributed by atoms with Gasteiger partial charge in [0.15, 0.2) is 0 Å². The van der Waals surface area contributed by atoms with Gasteiger partial charge in [-0.05, 0) is 18.2 Å². The van der Waals surface area contributed by atoms with E-state index >= 15 is 0 Å². The van der Waals surface area contributed by atoms with Crippen molar-refractivity contribution in [3.63, 3.8) is 0 Å². The minimum atomic E-state index is 0.957. The number of halogens is 1. The lowest BCUT2D eigenvalue weighted by Gasteiger charge is -2.01. The molecule has 0 aliphatic carbocycles. The molecule has 92 valence electrons. The number of hydrogen-bond acceptors (Lipinski definition) is 1. The maximum Gasteiger partial charge on any atom is 0.0108 e. The average Bonchev–Trinajstić information content (AvgIpc) is 2.26. The molecule has 0 atom stereocenters. The monoisotopic (exact) mass is 233 g/mol. The zero-order valence-electron chi connectivity index (χ0n) is 10.4. The van der Waals surface area contributed by atoms with Crippen LogP contribution in [0.15, 0.2) is 0 Å². The van der Waals surface area contributed by atoms with Gasteiger partial charge in [-0.1, -0.05) is 71.1 Å². The van der Waals surface area contributed by atoms with Crippen molar-refractivity contribution in [3.8, 4) is 0 Å². The lowest BCUT2D eigenvalue weighted by molar-refractivity contribution is 0.549. The normalized spacial score (nSPS) is 10.8. The van der Waals surface area contributed by atoms with Crippen LogP contribution in [0.25, 0.3) is 0 Å². The average molecular weight is 234 g/mol. The smallest absolute Gasteiger partial charge is 0.0108 e. The Morgan fingerprint density at radius 1 is 0.667 bits per heavy atom. The van der Waals surface area contributed by atoms with Crippen molar-refractivity contribution < 1.29 is 0 Å². The summed E-state index contributed by atoms with van der Waals surface area (Å²) >= 11 is 5.37. The summed E-state index contributed by atoms with van der Waals surface area (Å²) in [6, 6.07) is 0. The maximum absolute atomic E-state index is 5.37. The number of nitrogens with one attached hydrogen (secondary N) is 1. The van der Waals surface area contributed by atoms with Gasteiger partial charge >= 0.3 is 0 Å². The van der Waals surface area contributed by atoms with Crippen LogP contribution in [0.1, 0.15) is 77.6 Å². The predicted molar refractivity (Wildman–Crippen MR) is 70.3 cm³/mol. The fourth-order valence-electron chi connectivity index (χ4n) is 1.86. The quantitative estimate of drug-likeness (QED) is 0.368. The van der Waals surface area contributed by atoms with Gasteiger partial charge in [0.25, 0.3) is 0 Å². The summed E-state index contributed by atoms with van der Waals surface area (Å²) in [5.74, 6) is 0. The van der Waals surface area contributed by atoms with Crippen LogP contribution in [0.4, 0.5) is 0 Å². The Hall–Kier alpha value is 0.250. The lowest BCUT2D eigenvalue weighted by atomic mass is 10.1. The molecule has 0 spiro atoms. The van der Waals surface area contributed by atoms with Crippen LogP contribution < -0.4 is 4.84 Å². The molecule has 0 aliphatic heterocycles. The van der Waals surface area contributed by atoms with Gasteiger partial charge in [0, 0.05) is 6.54 Å². The molecular formula is C13H28ClN. The van der Waals surface area contributed by atoms with Crippen LogP contribution in [-0.2, 0) is 0 Å². The van der Waals surface area contributed by atoms with Crippen molar-refractivity contribution in [2.24, 2.45) is 0 Å². The Kier molecular flexibility index (Phi) is 14.5. The van der Waals surface area contributed by atoms with E-state index in [9.17, 15) is 0 Å². The van der Waals surface area contributed by atoms with E-state index in [0.717, 1.165) is 6.54 Å². The molecule has 0 aliphatic rings. The van der Waals surface area contributed by atoms with Gasteiger partial charge in [0.05, 0.1) is 0 Å². The molecule has 0 aromatic carbocycles. The second-order valence-electron chi connectivity index (χ2n) is 4.42. The number of rotatable bonds is 12. The summed E-state index contributed by atoms with van der Waals surface area (Å²) < 4.78 is 0. The summed E-state index contributed by atoms with van der Waals surface area (Å²) in [4.78, 5) is 2.67. The Labute approximate surface area is 101 Å². The van der Waals surface area contributed by atoms with E-state index < -0.39 is 0 Å². The van der Waals surface area contributed by atoms with Gasteiger partial charge in [-0.15, -0.1) is 0 Å². The zero-order chi connectivity index (χ0) is 11.2. The highest BCUT2D eigenvalue weighted by Crippen LogP contribution is 2.10. The third-order valence-corrected chi connectivity index (χ3v) is 3.06. The van der Waals surface area contributed by atoms with Crippen LogP contribution >= 0.6 is 11.8 Å². The van der Waals surface area contributed by atoms with E-state index in [1.165, 1.54) is 70.6 Å². The van der Waals surface area contributed by atoms with E-state index in [4.69, 9.17) is 11.8 Å². The largest absolute Gasteiger partial charge is 0.234 e. The van der Waals surface area contributed by atoms with Gasteiger partial charge < -0.3 is 0 Å². The highest BCUT2D eigenvalue weighted by atomic mass is 35.5. The van der Waals surface area contributed by atoms with Crippen molar-refractivity contribution >= 4 is 11.8 Å². The standard InChI is InChI=1S/C13H28ClN/c1-2-3-4-5-6-7-8-9-10-11-12-13-15-14/h15H,2-13H2,1H3. The summed E-state index contributed by atoms with van der Waals surface area (Å²) in [6.45, 7) is 3.23. The Balaban J connectivity index is 2.81. The van der Waals surface area contributed by atoms with Crippen molar-refractivity contribution in [2.45, 2.75) is 77.6 Å². The fraction of sp³-hybridized carbons (Fsp3) is 1.00. The number of unbranched alkanes of at least 4 members (excludes halogenated alkanes) is 10. The van der Waals surface area contributed by atoms with E-state index in [2.05, 4.69) is 11.8 Å². The Morgan fingerprint density at radius 3 is 1.47 bits per heavy atom. The molecule has 2 heteroatoms. The first-order valence-corrected chi connectivity index (χ1v) is 7.13. The summed E-state index contributed by atoms with van der Waals surface area (Å²) in [5.41, 5.74) is 0. The van der Waals surface area contributed by atoms with Crippen LogP contribution in [0.2, 0.25) is 0 Å². The van der Waals surface area contributed by atoms with E-state index in [1.54, 1.807) is 0 Å². The topological polar surface area (TPSA) is 12.0 Å². The second kappa shape index (κ2) is 14.2. The molecule has 0 saturated carbocycles. The molecule has 0 saturated heterocycles. The molecular weight excluding hydrogens is 206 g/mol. The molecule has 1 N–H and O–H groups in total. The van der Waals surface area contributed by atoms with Gasteiger partial charge in [0.2, 0.25) is 0 Å². The Bertz CT molecular complexity index is 94.7. The SMILES string of the molecule is CCCCCCCCCCCCCNCl. The zero-order valence-corrected chi connectivity index (χ0v) is 11.1. The van der Waals surface area contributed by atoms with Crippen molar-refractivity contribution in [1.82, 2.24) is 4.84 Å². The molecule has 0 bridgehead atoms. The molecule has 0 aromatic heterocycles. The van der Waals surface area contributed by atoms with E-state index in [-0.39, 0.29) is 0 Å². The van der Waals surface area contributed by atoms with E-state index in [1.807, 2.05) is 0 Å². The fourth-order valence-corrected chi connectivity index (χ4v) is 1.99. The van der Waals surface area contributed by atoms with Crippen LogP contribution in [0.5, 0.6) is 0 Å². The number of hydrogen-bond donors (Lipinski definition) is 1. The van der Waals surface area contributed by atoms with Gasteiger partial charge in [-0.2, -0.15) is 0 Å². The van der Waals surface area contributed by atoms with Gasteiger partial charge in [0.1, 0.15) is 0 Å². The third-order valence-electron chi connectivity index (χ3n) is 2.87. The molecule has 0 unspecified atom stereocenters. The second-order valence-corrected chi connectivity index (χ2v) is 4.69. The molecule has 0 fully saturated rings. The molecule has 15 heavy (non-hydrogen) atoms. The molecule has 1 nitrogen and oxygen atoms in total. The molecule has 0 amide bonds. The highest BCUT2D eigenvalue weighted by molar-refractivity contribution is 6.13. The minimum absolute atomic E-state index is 0.957. The third kappa shape index (κ3) is 14.2. The van der Waals surface area contributed by atoms with Crippen molar-refractivity contribution in [3.05, 3.63) is 0 Å². The highest BCUT2D eigenvalue weighted by Gasteiger charge is 1.92. The van der Waals surface area contributed by atoms with Crippen molar-refractivity contribution in [1.29, 1.82) is 0 Å². The first-order valence-electron chi connectivity index (χ1n) is 6.75. The maximum atomic E-state index is 5.37. The minimum Gasteiger partial charge on any atom is -0.234 e.